The van der Waals surface area contributed by atoms with Crippen LogP contribution in [0.3, 0.4) is 0 Å². The molecule has 3 heteroatoms. The van der Waals surface area contributed by atoms with Crippen molar-refractivity contribution in [3.05, 3.63) is 59.2 Å². The molecule has 0 bridgehead atoms. The minimum absolute atomic E-state index is 0.361. The predicted molar refractivity (Wildman–Crippen MR) is 86.0 cm³/mol. The molecule has 2 N–H and O–H groups in total. The van der Waals surface area contributed by atoms with Crippen molar-refractivity contribution in [3.8, 4) is 22.4 Å². The molecule has 0 atom stereocenters. The fraction of sp³-hybridized carbons (Fsp3) is 0.167. The van der Waals surface area contributed by atoms with Gasteiger partial charge in [-0.05, 0) is 43.0 Å². The molecule has 21 heavy (non-hydrogen) atoms. The Bertz CT molecular complexity index is 803. The molecule has 0 fully saturated rings. The molecule has 0 saturated heterocycles. The second kappa shape index (κ2) is 5.09. The van der Waals surface area contributed by atoms with E-state index in [0.717, 1.165) is 27.9 Å². The Kier molecular flexibility index (Phi) is 3.26. The molecule has 1 heterocycles. The molecular weight excluding hydrogens is 260 g/mol. The molecule has 0 unspecified atom stereocenters. The number of rotatable bonds is 2. The molecule has 0 spiro atoms. The van der Waals surface area contributed by atoms with Crippen molar-refractivity contribution in [2.24, 2.45) is 0 Å². The summed E-state index contributed by atoms with van der Waals surface area (Å²) in [5, 5.41) is 4.21. The monoisotopic (exact) mass is 278 g/mol. The summed E-state index contributed by atoms with van der Waals surface area (Å²) in [4.78, 5) is 0. The Balaban J connectivity index is 2.28. The van der Waals surface area contributed by atoms with Crippen LogP contribution in [0.5, 0.6) is 0 Å². The van der Waals surface area contributed by atoms with Gasteiger partial charge in [0, 0.05) is 5.56 Å². The summed E-state index contributed by atoms with van der Waals surface area (Å²) in [6.45, 7) is 6.25. The van der Waals surface area contributed by atoms with Crippen LogP contribution < -0.4 is 5.73 Å². The molecule has 3 rings (SSSR count). The number of aromatic nitrogens is 1. The highest BCUT2D eigenvalue weighted by atomic mass is 16.5. The van der Waals surface area contributed by atoms with Crippen LogP contribution in [0.25, 0.3) is 22.4 Å². The zero-order valence-corrected chi connectivity index (χ0v) is 12.5. The van der Waals surface area contributed by atoms with Crippen molar-refractivity contribution in [3.63, 3.8) is 0 Å². The third kappa shape index (κ3) is 2.21. The average Bonchev–Trinajstić information content (AvgIpc) is 2.84. The first-order valence-electron chi connectivity index (χ1n) is 6.97. The number of nitrogens with two attached hydrogens (primary N) is 1. The number of nitrogen functional groups attached to an aromatic ring is 1. The molecule has 1 aromatic heterocycles. The first kappa shape index (κ1) is 13.4. The minimum Gasteiger partial charge on any atom is -0.367 e. The molecule has 0 aliphatic carbocycles. The molecule has 0 aliphatic heterocycles. The summed E-state index contributed by atoms with van der Waals surface area (Å²) in [5.41, 5.74) is 13.4. The van der Waals surface area contributed by atoms with Crippen molar-refractivity contribution >= 4 is 5.88 Å². The van der Waals surface area contributed by atoms with Gasteiger partial charge in [0.25, 0.3) is 0 Å². The SMILES string of the molecule is Cc1ccccc1-c1c(-c2cccc(C)c2C)noc1N. The lowest BCUT2D eigenvalue weighted by atomic mass is 9.94. The Morgan fingerprint density at radius 3 is 2.29 bits per heavy atom. The summed E-state index contributed by atoms with van der Waals surface area (Å²) < 4.78 is 5.28. The van der Waals surface area contributed by atoms with Crippen LogP contribution in [-0.2, 0) is 0 Å². The minimum atomic E-state index is 0.361. The van der Waals surface area contributed by atoms with Crippen molar-refractivity contribution in [1.29, 1.82) is 0 Å². The van der Waals surface area contributed by atoms with Crippen LogP contribution in [0.4, 0.5) is 5.88 Å². The van der Waals surface area contributed by atoms with Gasteiger partial charge >= 0.3 is 0 Å². The smallest absolute Gasteiger partial charge is 0.230 e. The van der Waals surface area contributed by atoms with Gasteiger partial charge < -0.3 is 10.3 Å². The van der Waals surface area contributed by atoms with E-state index in [9.17, 15) is 0 Å². The normalized spacial score (nSPS) is 10.8. The van der Waals surface area contributed by atoms with Gasteiger partial charge in [0.1, 0.15) is 5.69 Å². The lowest BCUT2D eigenvalue weighted by Crippen LogP contribution is -1.92. The summed E-state index contributed by atoms with van der Waals surface area (Å²) in [6.07, 6.45) is 0. The van der Waals surface area contributed by atoms with E-state index in [0.29, 0.717) is 5.88 Å². The number of hydrogen-bond acceptors (Lipinski definition) is 3. The molecule has 2 aromatic carbocycles. The molecule has 0 aliphatic rings. The largest absolute Gasteiger partial charge is 0.367 e. The molecular formula is C18H18N2O. The Morgan fingerprint density at radius 1 is 0.857 bits per heavy atom. The summed E-state index contributed by atoms with van der Waals surface area (Å²) in [5.74, 6) is 0.361. The van der Waals surface area contributed by atoms with Crippen molar-refractivity contribution < 1.29 is 4.52 Å². The van der Waals surface area contributed by atoms with E-state index in [-0.39, 0.29) is 0 Å². The van der Waals surface area contributed by atoms with Gasteiger partial charge in [0.15, 0.2) is 0 Å². The van der Waals surface area contributed by atoms with Gasteiger partial charge in [-0.25, -0.2) is 0 Å². The highest BCUT2D eigenvalue weighted by Crippen LogP contribution is 2.39. The molecule has 3 aromatic rings. The van der Waals surface area contributed by atoms with E-state index in [1.807, 2.05) is 24.3 Å². The number of aryl methyl sites for hydroxylation is 2. The quantitative estimate of drug-likeness (QED) is 0.750. The summed E-state index contributed by atoms with van der Waals surface area (Å²) in [6, 6.07) is 14.3. The van der Waals surface area contributed by atoms with Gasteiger partial charge in [-0.1, -0.05) is 47.6 Å². The fourth-order valence-corrected chi connectivity index (χ4v) is 2.61. The van der Waals surface area contributed by atoms with Crippen molar-refractivity contribution in [2.45, 2.75) is 20.8 Å². The van der Waals surface area contributed by atoms with E-state index >= 15 is 0 Å². The maximum Gasteiger partial charge on any atom is 0.230 e. The number of hydrogen-bond donors (Lipinski definition) is 1. The van der Waals surface area contributed by atoms with Crippen LogP contribution in [0.2, 0.25) is 0 Å². The summed E-state index contributed by atoms with van der Waals surface area (Å²) >= 11 is 0. The van der Waals surface area contributed by atoms with E-state index in [4.69, 9.17) is 10.3 Å². The van der Waals surface area contributed by atoms with E-state index < -0.39 is 0 Å². The Hall–Kier alpha value is -2.55. The predicted octanol–water partition coefficient (Wildman–Crippen LogP) is 4.52. The molecule has 106 valence electrons. The molecule has 0 amide bonds. The van der Waals surface area contributed by atoms with E-state index in [1.54, 1.807) is 0 Å². The summed E-state index contributed by atoms with van der Waals surface area (Å²) in [7, 11) is 0. The van der Waals surface area contributed by atoms with Gasteiger partial charge in [-0.2, -0.15) is 0 Å². The molecule has 0 saturated carbocycles. The zero-order valence-electron chi connectivity index (χ0n) is 12.5. The number of anilines is 1. The van der Waals surface area contributed by atoms with Crippen LogP contribution in [0.15, 0.2) is 47.0 Å². The third-order valence-corrected chi connectivity index (χ3v) is 3.99. The van der Waals surface area contributed by atoms with Gasteiger partial charge in [0.2, 0.25) is 5.88 Å². The van der Waals surface area contributed by atoms with E-state index in [2.05, 4.69) is 44.1 Å². The Labute approximate surface area is 124 Å². The maximum absolute atomic E-state index is 6.04. The highest BCUT2D eigenvalue weighted by molar-refractivity contribution is 5.89. The first-order valence-corrected chi connectivity index (χ1v) is 6.97. The van der Waals surface area contributed by atoms with E-state index in [1.165, 1.54) is 11.1 Å². The maximum atomic E-state index is 6.04. The zero-order chi connectivity index (χ0) is 15.0. The second-order valence-electron chi connectivity index (χ2n) is 5.33. The van der Waals surface area contributed by atoms with Crippen molar-refractivity contribution in [1.82, 2.24) is 5.16 Å². The second-order valence-corrected chi connectivity index (χ2v) is 5.33. The first-order chi connectivity index (χ1) is 10.1. The average molecular weight is 278 g/mol. The number of nitrogens with zero attached hydrogens (tertiary/aromatic N) is 1. The van der Waals surface area contributed by atoms with Gasteiger partial charge in [0.05, 0.1) is 5.56 Å². The molecule has 0 radical (unpaired) electrons. The van der Waals surface area contributed by atoms with Crippen molar-refractivity contribution in [2.75, 3.05) is 5.73 Å². The third-order valence-electron chi connectivity index (χ3n) is 3.99. The molecule has 3 nitrogen and oxygen atoms in total. The topological polar surface area (TPSA) is 52.0 Å². The lowest BCUT2D eigenvalue weighted by Gasteiger charge is -2.09. The Morgan fingerprint density at radius 2 is 1.52 bits per heavy atom. The van der Waals surface area contributed by atoms with Crippen LogP contribution in [0, 0.1) is 20.8 Å². The number of benzene rings is 2. The highest BCUT2D eigenvalue weighted by Gasteiger charge is 2.20. The van der Waals surface area contributed by atoms with Crippen LogP contribution >= 0.6 is 0 Å². The fourth-order valence-electron chi connectivity index (χ4n) is 2.61. The van der Waals surface area contributed by atoms with Gasteiger partial charge in [-0.3, -0.25) is 0 Å². The van der Waals surface area contributed by atoms with Crippen LogP contribution in [-0.4, -0.2) is 5.16 Å². The standard InChI is InChI=1S/C18H18N2O/c1-11-8-6-10-15(13(11)3)17-16(18(19)21-20-17)14-9-5-4-7-12(14)2/h4-10H,19H2,1-3H3. The van der Waals surface area contributed by atoms with Crippen LogP contribution in [0.1, 0.15) is 16.7 Å². The lowest BCUT2D eigenvalue weighted by molar-refractivity contribution is 0.439. The van der Waals surface area contributed by atoms with Gasteiger partial charge in [-0.15, -0.1) is 0 Å².